The normalized spacial score (nSPS) is 18.7. The maximum absolute atomic E-state index is 14.1. The van der Waals surface area contributed by atoms with Crippen LogP contribution in [0.25, 0.3) is 0 Å². The average Bonchev–Trinajstić information content (AvgIpc) is 2.99. The molecule has 2 aromatic carbocycles. The summed E-state index contributed by atoms with van der Waals surface area (Å²) in [4.78, 5) is 47.0. The summed E-state index contributed by atoms with van der Waals surface area (Å²) in [7, 11) is 1.48. The highest BCUT2D eigenvalue weighted by Crippen LogP contribution is 2.25. The number of amides is 4. The third-order valence-corrected chi connectivity index (χ3v) is 6.89. The number of halogens is 2. The van der Waals surface area contributed by atoms with Crippen LogP contribution >= 0.6 is 0 Å². The maximum atomic E-state index is 14.1. The molecule has 0 spiro atoms. The van der Waals surface area contributed by atoms with Crippen LogP contribution in [-0.2, 0) is 19.2 Å². The van der Waals surface area contributed by atoms with Gasteiger partial charge in [0.25, 0.3) is 5.91 Å². The predicted molar refractivity (Wildman–Crippen MR) is 169 cm³/mol. The molecule has 0 aliphatic carbocycles. The van der Waals surface area contributed by atoms with E-state index in [1.165, 1.54) is 19.2 Å². The minimum atomic E-state index is -0.477. The summed E-state index contributed by atoms with van der Waals surface area (Å²) in [6.07, 6.45) is 2.37. The smallest absolute Gasteiger partial charge is 0.251 e. The summed E-state index contributed by atoms with van der Waals surface area (Å²) in [6.45, 7) is 13.7. The average molecular weight is 595 g/mol. The lowest BCUT2D eigenvalue weighted by Crippen LogP contribution is -2.48. The summed E-state index contributed by atoms with van der Waals surface area (Å²) >= 11 is 0. The Kier molecular flexibility index (Phi) is 15.4. The van der Waals surface area contributed by atoms with Crippen LogP contribution in [0.3, 0.4) is 0 Å². The van der Waals surface area contributed by atoms with E-state index in [2.05, 4.69) is 16.0 Å². The molecule has 3 N–H and O–H groups in total. The predicted octanol–water partition coefficient (Wildman–Crippen LogP) is 7.04. The van der Waals surface area contributed by atoms with Gasteiger partial charge in [-0.1, -0.05) is 53.7 Å². The van der Waals surface area contributed by atoms with Crippen LogP contribution in [0, 0.1) is 18.6 Å². The number of hydrogen-bond donors (Lipinski definition) is 3. The van der Waals surface area contributed by atoms with Gasteiger partial charge >= 0.3 is 0 Å². The molecule has 2 saturated heterocycles. The highest BCUT2D eigenvalue weighted by Gasteiger charge is 2.31. The third-order valence-electron chi connectivity index (χ3n) is 6.89. The Balaban J connectivity index is -0.000000675. The van der Waals surface area contributed by atoms with Crippen molar-refractivity contribution in [2.45, 2.75) is 98.6 Å². The van der Waals surface area contributed by atoms with Crippen LogP contribution in [0.2, 0.25) is 0 Å². The molecule has 4 amide bonds. The number of carbonyl (C=O) groups excluding carboxylic acids is 4. The number of rotatable bonds is 6. The first-order valence-corrected chi connectivity index (χ1v) is 14.7. The van der Waals surface area contributed by atoms with Crippen molar-refractivity contribution < 1.29 is 32.2 Å². The van der Waals surface area contributed by atoms with Crippen LogP contribution < -0.4 is 16.0 Å². The van der Waals surface area contributed by atoms with Crippen molar-refractivity contribution in [3.63, 3.8) is 0 Å². The van der Waals surface area contributed by atoms with Gasteiger partial charge in [0.2, 0.25) is 17.7 Å². The molecule has 3 unspecified atom stereocenters. The lowest BCUT2D eigenvalue weighted by Gasteiger charge is -2.29. The molecule has 2 aliphatic rings. The van der Waals surface area contributed by atoms with Gasteiger partial charge in [0.15, 0.2) is 0 Å². The highest BCUT2D eigenvalue weighted by atomic mass is 19.1. The number of imide groups is 2. The number of nitrogens with zero attached hydrogens (tertiary/aromatic N) is 1. The van der Waals surface area contributed by atoms with Crippen LogP contribution in [-0.4, -0.2) is 47.7 Å². The zero-order valence-electron chi connectivity index (χ0n) is 26.1. The lowest BCUT2D eigenvalue weighted by atomic mass is 9.97. The number of piperidine rings is 2. The van der Waals surface area contributed by atoms with Gasteiger partial charge < -0.3 is 10.6 Å². The van der Waals surface area contributed by atoms with E-state index in [-0.39, 0.29) is 45.5 Å². The summed E-state index contributed by atoms with van der Waals surface area (Å²) in [5, 5.41) is 8.18. The van der Waals surface area contributed by atoms with Gasteiger partial charge in [-0.3, -0.25) is 29.4 Å². The van der Waals surface area contributed by atoms with Crippen LogP contribution in [0.5, 0.6) is 0 Å². The minimum Gasteiger partial charge on any atom is -0.374 e. The van der Waals surface area contributed by atoms with Gasteiger partial charge in [-0.05, 0) is 67.5 Å². The van der Waals surface area contributed by atoms with Gasteiger partial charge in [0, 0.05) is 35.5 Å². The zero-order valence-corrected chi connectivity index (χ0v) is 26.1. The van der Waals surface area contributed by atoms with Crippen molar-refractivity contribution in [3.8, 4) is 0 Å². The Bertz CT molecular complexity index is 1240. The van der Waals surface area contributed by atoms with Crippen LogP contribution in [0.4, 0.5) is 20.2 Å². The van der Waals surface area contributed by atoms with Gasteiger partial charge in [-0.25, -0.2) is 8.78 Å². The van der Waals surface area contributed by atoms with Crippen molar-refractivity contribution in [1.82, 2.24) is 10.2 Å². The maximum Gasteiger partial charge on any atom is 0.251 e. The molecule has 2 aliphatic heterocycles. The molecule has 0 saturated carbocycles. The number of hydrogen-bond acceptors (Lipinski definition) is 6. The van der Waals surface area contributed by atoms with Gasteiger partial charge in [0.05, 0.1) is 0 Å². The standard InChI is InChI=1S/C16H21FN2O2.C12H13FN2O2.2C2H6.3H2/c1-4-10(2)12-6-5-11(9-13(12)17)18-14-7-8-15(20)19(3)16(14)21;1-7-2-3-8(6-9(7)13)14-10-4-5-11(16)15-12(10)17;2*1-2;;;/h5-6,9-10,14,18H,4,7-8H2,1-3H3;2-3,6,10,14H,4-5H2,1H3,(H,15,16,17);2*1-2H3;3*1H. The van der Waals surface area contributed by atoms with E-state index in [1.54, 1.807) is 31.2 Å². The molecule has 8 nitrogen and oxygen atoms in total. The van der Waals surface area contributed by atoms with E-state index in [4.69, 9.17) is 0 Å². The molecule has 2 aromatic rings. The number of anilines is 2. The van der Waals surface area contributed by atoms with E-state index in [0.29, 0.717) is 48.2 Å². The number of carbonyl (C=O) groups is 4. The summed E-state index contributed by atoms with van der Waals surface area (Å²) in [5.74, 6) is -1.47. The molecule has 2 fully saturated rings. The van der Waals surface area contributed by atoms with Crippen molar-refractivity contribution in [3.05, 3.63) is 59.2 Å². The Morgan fingerprint density at radius 1 is 0.905 bits per heavy atom. The Morgan fingerprint density at radius 2 is 1.45 bits per heavy atom. The van der Waals surface area contributed by atoms with E-state index >= 15 is 0 Å². The molecule has 10 heteroatoms. The molecular formula is C32H52F2N4O4. The molecule has 4 rings (SSSR count). The quantitative estimate of drug-likeness (QED) is 0.310. The second-order valence-corrected chi connectivity index (χ2v) is 9.68. The van der Waals surface area contributed by atoms with Gasteiger partial charge in [-0.15, -0.1) is 0 Å². The molecule has 238 valence electrons. The first-order valence-electron chi connectivity index (χ1n) is 14.7. The van der Waals surface area contributed by atoms with Gasteiger partial charge in [0.1, 0.15) is 23.7 Å². The van der Waals surface area contributed by atoms with Crippen molar-refractivity contribution >= 4 is 35.0 Å². The molecular weight excluding hydrogens is 542 g/mol. The monoisotopic (exact) mass is 594 g/mol. The Hall–Kier alpha value is -3.82. The van der Waals surface area contributed by atoms with E-state index in [1.807, 2.05) is 41.5 Å². The van der Waals surface area contributed by atoms with Crippen molar-refractivity contribution in [2.75, 3.05) is 17.7 Å². The lowest BCUT2D eigenvalue weighted by molar-refractivity contribution is -0.147. The topological polar surface area (TPSA) is 108 Å². The summed E-state index contributed by atoms with van der Waals surface area (Å²) in [5.41, 5.74) is 2.35. The minimum absolute atomic E-state index is 0. The molecule has 0 aromatic heterocycles. The number of aryl methyl sites for hydroxylation is 1. The van der Waals surface area contributed by atoms with Crippen molar-refractivity contribution in [2.24, 2.45) is 0 Å². The number of benzene rings is 2. The zero-order chi connectivity index (χ0) is 32.0. The van der Waals surface area contributed by atoms with Crippen LogP contribution in [0.15, 0.2) is 36.4 Å². The molecule has 0 bridgehead atoms. The first kappa shape index (κ1) is 36.2. The van der Waals surface area contributed by atoms with E-state index in [9.17, 15) is 28.0 Å². The fourth-order valence-electron chi connectivity index (χ4n) is 4.20. The summed E-state index contributed by atoms with van der Waals surface area (Å²) < 4.78 is 27.4. The summed E-state index contributed by atoms with van der Waals surface area (Å²) in [6, 6.07) is 8.72. The molecule has 0 radical (unpaired) electrons. The Labute approximate surface area is 253 Å². The first-order chi connectivity index (χ1) is 20.0. The third kappa shape index (κ3) is 10.2. The second-order valence-electron chi connectivity index (χ2n) is 9.68. The Morgan fingerprint density at radius 3 is 2.00 bits per heavy atom. The fourth-order valence-corrected chi connectivity index (χ4v) is 4.20. The number of likely N-dealkylation sites (tertiary alicyclic amines) is 1. The second kappa shape index (κ2) is 17.9. The molecule has 2 heterocycles. The van der Waals surface area contributed by atoms with Crippen molar-refractivity contribution in [1.29, 1.82) is 0 Å². The largest absolute Gasteiger partial charge is 0.374 e. The fraction of sp³-hybridized carbons (Fsp3) is 0.500. The number of likely N-dealkylation sites (N-methyl/N-ethyl adjacent to an activating group) is 1. The van der Waals surface area contributed by atoms with E-state index in [0.717, 1.165) is 11.3 Å². The van der Waals surface area contributed by atoms with E-state index < -0.39 is 12.1 Å². The molecule has 3 atom stereocenters. The van der Waals surface area contributed by atoms with Gasteiger partial charge in [-0.2, -0.15) is 0 Å². The SMILES string of the molecule is CC.CC.CCC(C)c1ccc(NC2CCC(=O)N(C)C2=O)cc1F.Cc1ccc(NC2CCC(=O)NC2=O)cc1F.[HH].[HH].[HH]. The number of nitrogens with one attached hydrogen (secondary N) is 3. The molecule has 42 heavy (non-hydrogen) atoms. The van der Waals surface area contributed by atoms with Crippen LogP contribution in [0.1, 0.15) is 95.0 Å². The highest BCUT2D eigenvalue weighted by molar-refractivity contribution is 6.02.